The van der Waals surface area contributed by atoms with Crippen molar-refractivity contribution >= 4 is 11.8 Å². The first-order valence-electron chi connectivity index (χ1n) is 10.3. The van der Waals surface area contributed by atoms with E-state index in [-0.39, 0.29) is 39.5 Å². The van der Waals surface area contributed by atoms with Gasteiger partial charge in [0.05, 0.1) is 6.04 Å². The average Bonchev–Trinajstić information content (AvgIpc) is 3.03. The highest BCUT2D eigenvalue weighted by atomic mass is 16.2. The zero-order valence-electron chi connectivity index (χ0n) is 18.9. The van der Waals surface area contributed by atoms with Gasteiger partial charge in [-0.2, -0.15) is 0 Å². The van der Waals surface area contributed by atoms with Crippen molar-refractivity contribution in [1.82, 2.24) is 4.90 Å². The summed E-state index contributed by atoms with van der Waals surface area (Å²) in [4.78, 5) is 27.3. The molecule has 28 heavy (non-hydrogen) atoms. The van der Waals surface area contributed by atoms with Crippen LogP contribution in [-0.4, -0.2) is 16.7 Å². The van der Waals surface area contributed by atoms with E-state index in [0.717, 1.165) is 6.42 Å². The van der Waals surface area contributed by atoms with Gasteiger partial charge in [-0.05, 0) is 39.4 Å². The number of benzene rings is 1. The number of carbonyl (C=O) groups excluding carboxylic acids is 2. The van der Waals surface area contributed by atoms with Crippen LogP contribution in [0.3, 0.4) is 0 Å². The molecular formula is C25H35NO2. The normalized spacial score (nSPS) is 22.2. The molecule has 0 unspecified atom stereocenters. The van der Waals surface area contributed by atoms with Crippen LogP contribution in [0.5, 0.6) is 0 Å². The van der Waals surface area contributed by atoms with Crippen LogP contribution in [0.4, 0.5) is 0 Å². The predicted molar refractivity (Wildman–Crippen MR) is 114 cm³/mol. The molecular weight excluding hydrogens is 346 g/mol. The maximum Gasteiger partial charge on any atom is 0.254 e. The van der Waals surface area contributed by atoms with E-state index in [2.05, 4.69) is 80.5 Å². The van der Waals surface area contributed by atoms with Gasteiger partial charge in [-0.1, -0.05) is 80.5 Å². The van der Waals surface area contributed by atoms with Crippen molar-refractivity contribution in [2.75, 3.05) is 0 Å². The largest absolute Gasteiger partial charge is 0.269 e. The lowest BCUT2D eigenvalue weighted by Crippen LogP contribution is -2.55. The molecule has 1 atom stereocenters. The lowest BCUT2D eigenvalue weighted by Gasteiger charge is -2.57. The van der Waals surface area contributed by atoms with Crippen LogP contribution in [0.2, 0.25) is 0 Å². The molecule has 0 spiro atoms. The Hall–Kier alpha value is -1.90. The van der Waals surface area contributed by atoms with Crippen LogP contribution in [0, 0.1) is 16.2 Å². The number of hydrogen-bond donors (Lipinski definition) is 0. The maximum absolute atomic E-state index is 12.9. The van der Waals surface area contributed by atoms with Gasteiger partial charge in [0.25, 0.3) is 11.8 Å². The number of amides is 2. The Kier molecular flexibility index (Phi) is 4.50. The minimum absolute atomic E-state index is 0.0747. The summed E-state index contributed by atoms with van der Waals surface area (Å²) in [5.41, 5.74) is 3.11. The molecule has 0 N–H and O–H groups in total. The van der Waals surface area contributed by atoms with Crippen molar-refractivity contribution in [3.05, 3.63) is 47.0 Å². The Morgan fingerprint density at radius 1 is 0.857 bits per heavy atom. The first-order valence-corrected chi connectivity index (χ1v) is 10.3. The zero-order chi connectivity index (χ0) is 21.3. The van der Waals surface area contributed by atoms with E-state index in [1.54, 1.807) is 0 Å². The van der Waals surface area contributed by atoms with Crippen molar-refractivity contribution < 1.29 is 9.59 Å². The third-order valence-electron chi connectivity index (χ3n) is 6.99. The van der Waals surface area contributed by atoms with Gasteiger partial charge in [-0.3, -0.25) is 14.5 Å². The van der Waals surface area contributed by atoms with E-state index in [4.69, 9.17) is 0 Å². The van der Waals surface area contributed by atoms with Gasteiger partial charge in [0.15, 0.2) is 0 Å². The predicted octanol–water partition coefficient (Wildman–Crippen LogP) is 5.58. The van der Waals surface area contributed by atoms with Crippen LogP contribution in [0.1, 0.15) is 85.0 Å². The van der Waals surface area contributed by atoms with Gasteiger partial charge >= 0.3 is 0 Å². The Balaban J connectivity index is 2.41. The molecule has 0 bridgehead atoms. The molecule has 3 heteroatoms. The van der Waals surface area contributed by atoms with Crippen LogP contribution in [0.25, 0.3) is 0 Å². The summed E-state index contributed by atoms with van der Waals surface area (Å²) >= 11 is 0. The van der Waals surface area contributed by atoms with Crippen LogP contribution >= 0.6 is 0 Å². The Morgan fingerprint density at radius 2 is 1.36 bits per heavy atom. The Bertz CT molecular complexity index is 824. The van der Waals surface area contributed by atoms with Gasteiger partial charge < -0.3 is 0 Å². The molecule has 1 aromatic carbocycles. The van der Waals surface area contributed by atoms with E-state index < -0.39 is 0 Å². The molecule has 0 fully saturated rings. The highest BCUT2D eigenvalue weighted by Gasteiger charge is 2.63. The summed E-state index contributed by atoms with van der Waals surface area (Å²) in [6.07, 6.45) is 3.72. The quantitative estimate of drug-likeness (QED) is 0.595. The third kappa shape index (κ3) is 2.77. The average molecular weight is 382 g/mol. The molecule has 2 aliphatic rings. The highest BCUT2D eigenvalue weighted by Crippen LogP contribution is 2.67. The number of rotatable bonds is 1. The topological polar surface area (TPSA) is 37.4 Å². The molecule has 0 saturated carbocycles. The number of nitrogens with zero attached hydrogens (tertiary/aromatic N) is 1. The van der Waals surface area contributed by atoms with E-state index in [1.807, 2.05) is 0 Å². The molecule has 1 aliphatic heterocycles. The second-order valence-electron chi connectivity index (χ2n) is 11.6. The van der Waals surface area contributed by atoms with Crippen molar-refractivity contribution in [3.8, 4) is 0 Å². The Morgan fingerprint density at radius 3 is 1.79 bits per heavy atom. The molecule has 3 rings (SSSR count). The minimum atomic E-state index is -0.277. The van der Waals surface area contributed by atoms with E-state index in [0.29, 0.717) is 0 Å². The van der Waals surface area contributed by atoms with Gasteiger partial charge in [0, 0.05) is 17.6 Å². The third-order valence-corrected chi connectivity index (χ3v) is 6.99. The zero-order valence-corrected chi connectivity index (χ0v) is 18.9. The molecule has 1 heterocycles. The highest BCUT2D eigenvalue weighted by molar-refractivity contribution is 6.13. The number of carbonyl (C=O) groups is 2. The summed E-state index contributed by atoms with van der Waals surface area (Å²) in [5.74, 6) is -0.381. The van der Waals surface area contributed by atoms with Crippen molar-refractivity contribution in [2.24, 2.45) is 16.2 Å². The van der Waals surface area contributed by atoms with Crippen molar-refractivity contribution in [1.29, 1.82) is 0 Å². The monoisotopic (exact) mass is 381 g/mol. The minimum Gasteiger partial charge on any atom is -0.269 e. The summed E-state index contributed by atoms with van der Waals surface area (Å²) in [5, 5.41) is 0. The second-order valence-corrected chi connectivity index (χ2v) is 11.6. The molecule has 1 aliphatic carbocycles. The van der Waals surface area contributed by atoms with Crippen LogP contribution in [-0.2, 0) is 21.4 Å². The van der Waals surface area contributed by atoms with E-state index in [1.165, 1.54) is 33.7 Å². The fraction of sp³-hybridized carbons (Fsp3) is 0.600. The number of fused-ring (bicyclic) bond motifs is 1. The van der Waals surface area contributed by atoms with Gasteiger partial charge in [-0.15, -0.1) is 0 Å². The van der Waals surface area contributed by atoms with Crippen molar-refractivity contribution in [2.45, 2.75) is 80.2 Å². The summed E-state index contributed by atoms with van der Waals surface area (Å²) < 4.78 is 0. The number of hydrogen-bond acceptors (Lipinski definition) is 2. The molecule has 0 saturated heterocycles. The fourth-order valence-corrected chi connectivity index (χ4v) is 5.88. The van der Waals surface area contributed by atoms with Gasteiger partial charge in [-0.25, -0.2) is 0 Å². The van der Waals surface area contributed by atoms with Crippen molar-refractivity contribution in [3.63, 3.8) is 0 Å². The van der Waals surface area contributed by atoms with Crippen LogP contribution in [0.15, 0.2) is 30.4 Å². The number of imide groups is 1. The molecule has 3 nitrogen and oxygen atoms in total. The fourth-order valence-electron chi connectivity index (χ4n) is 5.88. The van der Waals surface area contributed by atoms with E-state index in [9.17, 15) is 9.59 Å². The summed E-state index contributed by atoms with van der Waals surface area (Å²) in [6.45, 7) is 20.2. The molecule has 152 valence electrons. The van der Waals surface area contributed by atoms with Gasteiger partial charge in [0.2, 0.25) is 0 Å². The maximum atomic E-state index is 12.9. The van der Waals surface area contributed by atoms with Gasteiger partial charge in [0.1, 0.15) is 0 Å². The smallest absolute Gasteiger partial charge is 0.254 e. The molecule has 2 amide bonds. The molecule has 0 aromatic heterocycles. The molecule has 0 radical (unpaired) electrons. The lowest BCUT2D eigenvalue weighted by molar-refractivity contribution is -0.153. The second kappa shape index (κ2) is 6.05. The van der Waals surface area contributed by atoms with E-state index >= 15 is 0 Å². The molecule has 1 aromatic rings. The lowest BCUT2D eigenvalue weighted by atomic mass is 9.50. The SMILES string of the molecule is CC(C)(C)c1cccc2c1[C@H](N1C(=O)C=CC1=O)C(C(C)(C)C)(C(C)(C)C)C2. The standard InChI is InChI=1S/C25H35NO2/c1-22(2,3)17-12-10-11-16-15-25(23(4,5)6,24(7,8)9)21(20(16)17)26-18(27)13-14-19(26)28/h10-14,21H,15H2,1-9H3/t21-/m0/s1. The summed E-state index contributed by atoms with van der Waals surface area (Å²) in [6, 6.07) is 6.22. The van der Waals surface area contributed by atoms with Crippen LogP contribution < -0.4 is 0 Å². The first kappa shape index (κ1) is 20.8. The summed E-state index contributed by atoms with van der Waals surface area (Å²) in [7, 11) is 0. The first-order chi connectivity index (χ1) is 12.6. The Labute approximate surface area is 170 Å².